The van der Waals surface area contributed by atoms with Crippen LogP contribution in [0.2, 0.25) is 0 Å². The Morgan fingerprint density at radius 2 is 1.83 bits per heavy atom. The predicted octanol–water partition coefficient (Wildman–Crippen LogP) is 3.96. The van der Waals surface area contributed by atoms with Gasteiger partial charge in [-0.05, 0) is 48.9 Å². The molecule has 0 atom stereocenters. The molecule has 0 aliphatic heterocycles. The fraction of sp³-hybridized carbons (Fsp3) is 0.391. The van der Waals surface area contributed by atoms with E-state index in [1.54, 1.807) is 7.05 Å². The summed E-state index contributed by atoms with van der Waals surface area (Å²) in [4.78, 5) is 15.4. The lowest BCUT2D eigenvalue weighted by Gasteiger charge is -2.15. The van der Waals surface area contributed by atoms with Gasteiger partial charge < -0.3 is 20.7 Å². The molecule has 3 rings (SSSR count). The molecular formula is C23H31IN4O2. The van der Waals surface area contributed by atoms with E-state index < -0.39 is 0 Å². The highest BCUT2D eigenvalue weighted by Crippen LogP contribution is 2.30. The van der Waals surface area contributed by atoms with Gasteiger partial charge in [-0.15, -0.1) is 24.0 Å². The number of nitrogens with zero attached hydrogens (tertiary/aromatic N) is 1. The molecule has 30 heavy (non-hydrogen) atoms. The highest BCUT2D eigenvalue weighted by molar-refractivity contribution is 14.0. The van der Waals surface area contributed by atoms with E-state index in [-0.39, 0.29) is 29.9 Å². The fourth-order valence-electron chi connectivity index (χ4n) is 2.97. The first-order valence-electron chi connectivity index (χ1n) is 10.2. The Labute approximate surface area is 195 Å². The van der Waals surface area contributed by atoms with Crippen molar-refractivity contribution in [1.82, 2.24) is 10.6 Å². The Morgan fingerprint density at radius 1 is 1.10 bits per heavy atom. The molecule has 0 saturated heterocycles. The zero-order valence-corrected chi connectivity index (χ0v) is 19.9. The Hall–Kier alpha value is -2.29. The van der Waals surface area contributed by atoms with E-state index >= 15 is 0 Å². The molecule has 1 aliphatic rings. The van der Waals surface area contributed by atoms with Crippen molar-refractivity contribution in [1.29, 1.82) is 0 Å². The van der Waals surface area contributed by atoms with Gasteiger partial charge in [-0.2, -0.15) is 0 Å². The molecule has 1 aliphatic carbocycles. The van der Waals surface area contributed by atoms with Crippen molar-refractivity contribution in [2.75, 3.05) is 25.5 Å². The van der Waals surface area contributed by atoms with Gasteiger partial charge in [-0.25, -0.2) is 0 Å². The Bertz CT molecular complexity index is 835. The first kappa shape index (κ1) is 24.0. The Morgan fingerprint density at radius 3 is 2.50 bits per heavy atom. The zero-order valence-electron chi connectivity index (χ0n) is 17.6. The van der Waals surface area contributed by atoms with Crippen LogP contribution in [0, 0.1) is 5.92 Å². The summed E-state index contributed by atoms with van der Waals surface area (Å²) >= 11 is 0. The summed E-state index contributed by atoms with van der Waals surface area (Å²) in [6.45, 7) is 3.74. The van der Waals surface area contributed by atoms with Gasteiger partial charge in [0.15, 0.2) is 5.96 Å². The van der Waals surface area contributed by atoms with Gasteiger partial charge in [0.1, 0.15) is 5.75 Å². The molecular weight excluding hydrogens is 491 g/mol. The second-order valence-corrected chi connectivity index (χ2v) is 7.34. The number of anilines is 1. The van der Waals surface area contributed by atoms with Crippen molar-refractivity contribution in [2.24, 2.45) is 10.9 Å². The summed E-state index contributed by atoms with van der Waals surface area (Å²) in [5, 5.41) is 9.48. The molecule has 2 aromatic rings. The number of ether oxygens (including phenoxy) is 1. The van der Waals surface area contributed by atoms with Crippen molar-refractivity contribution in [3.8, 4) is 5.75 Å². The van der Waals surface area contributed by atoms with Crippen LogP contribution in [0.25, 0.3) is 0 Å². The number of amides is 1. The van der Waals surface area contributed by atoms with Crippen molar-refractivity contribution < 1.29 is 9.53 Å². The quantitative estimate of drug-likeness (QED) is 0.265. The first-order valence-corrected chi connectivity index (χ1v) is 10.2. The molecule has 7 heteroatoms. The van der Waals surface area contributed by atoms with Crippen LogP contribution in [0.1, 0.15) is 30.9 Å². The molecule has 1 amide bonds. The molecule has 0 spiro atoms. The molecule has 0 heterocycles. The number of hydrogen-bond acceptors (Lipinski definition) is 3. The topological polar surface area (TPSA) is 74.8 Å². The van der Waals surface area contributed by atoms with Gasteiger partial charge in [-0.1, -0.05) is 30.3 Å². The maximum atomic E-state index is 11.1. The van der Waals surface area contributed by atoms with E-state index in [9.17, 15) is 4.79 Å². The highest BCUT2D eigenvalue weighted by atomic mass is 127. The minimum atomic E-state index is -0.0613. The number of rotatable bonds is 9. The van der Waals surface area contributed by atoms with E-state index in [0.29, 0.717) is 6.54 Å². The minimum absolute atomic E-state index is 0. The second-order valence-electron chi connectivity index (χ2n) is 7.34. The number of aliphatic imine (C=N–C) groups is 1. The normalized spacial score (nSPS) is 13.2. The van der Waals surface area contributed by atoms with Crippen molar-refractivity contribution >= 4 is 41.5 Å². The van der Waals surface area contributed by atoms with Crippen molar-refractivity contribution in [3.05, 3.63) is 59.7 Å². The first-order chi connectivity index (χ1) is 14.1. The summed E-state index contributed by atoms with van der Waals surface area (Å²) in [6, 6.07) is 16.0. The monoisotopic (exact) mass is 522 g/mol. The van der Waals surface area contributed by atoms with Crippen molar-refractivity contribution in [3.63, 3.8) is 0 Å². The maximum Gasteiger partial charge on any atom is 0.221 e. The van der Waals surface area contributed by atoms with E-state index in [1.807, 2.05) is 42.5 Å². The molecule has 1 fully saturated rings. The van der Waals surface area contributed by atoms with E-state index in [1.165, 1.54) is 25.3 Å². The molecule has 2 aromatic carbocycles. The van der Waals surface area contributed by atoms with E-state index in [0.717, 1.165) is 48.5 Å². The molecule has 162 valence electrons. The lowest BCUT2D eigenvalue weighted by molar-refractivity contribution is -0.114. The third kappa shape index (κ3) is 8.22. The number of carbonyl (C=O) groups excluding carboxylic acids is 1. The summed E-state index contributed by atoms with van der Waals surface area (Å²) in [5.41, 5.74) is 3.14. The Balaban J connectivity index is 0.00000320. The highest BCUT2D eigenvalue weighted by Gasteiger charge is 2.22. The van der Waals surface area contributed by atoms with Gasteiger partial charge in [0.2, 0.25) is 5.91 Å². The summed E-state index contributed by atoms with van der Waals surface area (Å²) < 4.78 is 5.97. The zero-order chi connectivity index (χ0) is 20.5. The average molecular weight is 522 g/mol. The summed E-state index contributed by atoms with van der Waals surface area (Å²) in [7, 11) is 1.77. The number of hydrogen-bond donors (Lipinski definition) is 3. The molecule has 6 nitrogen and oxygen atoms in total. The number of nitrogens with one attached hydrogen (secondary N) is 3. The number of halogens is 1. The standard InChI is InChI=1S/C23H30N4O2.HI/c1-17(28)27-21-11-9-18(10-12-21)13-14-25-23(24-2)26-15-20-5-3-4-6-22(20)29-16-19-7-8-19;/h3-6,9-12,19H,7-8,13-16H2,1-2H3,(H,27,28)(H2,24,25,26);1H. The van der Waals surface area contributed by atoms with Crippen LogP contribution in [0.3, 0.4) is 0 Å². The van der Waals surface area contributed by atoms with Crippen LogP contribution in [0.5, 0.6) is 5.75 Å². The SMILES string of the molecule is CN=C(NCCc1ccc(NC(C)=O)cc1)NCc1ccccc1OCC1CC1.I. The van der Waals surface area contributed by atoms with Gasteiger partial charge in [0.25, 0.3) is 0 Å². The number of para-hydroxylation sites is 1. The second kappa shape index (κ2) is 12.4. The van der Waals surface area contributed by atoms with Crippen LogP contribution in [-0.2, 0) is 17.8 Å². The van der Waals surface area contributed by atoms with Gasteiger partial charge >= 0.3 is 0 Å². The molecule has 0 unspecified atom stereocenters. The van der Waals surface area contributed by atoms with Crippen LogP contribution in [0.4, 0.5) is 5.69 Å². The summed E-state index contributed by atoms with van der Waals surface area (Å²) in [5.74, 6) is 2.38. The average Bonchev–Trinajstić information content (AvgIpc) is 3.55. The van der Waals surface area contributed by atoms with Crippen molar-refractivity contribution in [2.45, 2.75) is 32.7 Å². The molecule has 1 saturated carbocycles. The third-order valence-corrected chi connectivity index (χ3v) is 4.79. The third-order valence-electron chi connectivity index (χ3n) is 4.79. The summed E-state index contributed by atoms with van der Waals surface area (Å²) in [6.07, 6.45) is 3.43. The van der Waals surface area contributed by atoms with E-state index in [2.05, 4.69) is 27.0 Å². The Kier molecular flexibility index (Phi) is 9.93. The van der Waals surface area contributed by atoms with Gasteiger partial charge in [0.05, 0.1) is 6.61 Å². The largest absolute Gasteiger partial charge is 0.493 e. The molecule has 0 aromatic heterocycles. The lowest BCUT2D eigenvalue weighted by Crippen LogP contribution is -2.37. The number of benzene rings is 2. The van der Waals surface area contributed by atoms with Crippen LogP contribution >= 0.6 is 24.0 Å². The van der Waals surface area contributed by atoms with Gasteiger partial charge in [0, 0.05) is 38.3 Å². The predicted molar refractivity (Wildman–Crippen MR) is 133 cm³/mol. The molecule has 3 N–H and O–H groups in total. The smallest absolute Gasteiger partial charge is 0.221 e. The van der Waals surface area contributed by atoms with Crippen LogP contribution in [0.15, 0.2) is 53.5 Å². The fourth-order valence-corrected chi connectivity index (χ4v) is 2.97. The molecule has 0 bridgehead atoms. The number of carbonyl (C=O) groups is 1. The van der Waals surface area contributed by atoms with E-state index in [4.69, 9.17) is 4.74 Å². The molecule has 0 radical (unpaired) electrons. The number of guanidine groups is 1. The van der Waals surface area contributed by atoms with Gasteiger partial charge in [-0.3, -0.25) is 9.79 Å². The maximum absolute atomic E-state index is 11.1. The lowest BCUT2D eigenvalue weighted by atomic mass is 10.1. The minimum Gasteiger partial charge on any atom is -0.493 e. The van der Waals surface area contributed by atoms with Crippen LogP contribution in [-0.4, -0.2) is 32.1 Å². The van der Waals surface area contributed by atoms with Crippen LogP contribution < -0.4 is 20.7 Å².